The summed E-state index contributed by atoms with van der Waals surface area (Å²) < 4.78 is 14.7. The molecule has 0 N–H and O–H groups in total. The van der Waals surface area contributed by atoms with Gasteiger partial charge in [-0.1, -0.05) is 6.58 Å². The van der Waals surface area contributed by atoms with Crippen LogP contribution in [0, 0.1) is 5.82 Å². The smallest absolute Gasteiger partial charge is 0.139 e. The summed E-state index contributed by atoms with van der Waals surface area (Å²) in [4.78, 5) is 8.19. The molecule has 0 aliphatic heterocycles. The van der Waals surface area contributed by atoms with Crippen molar-refractivity contribution >= 4 is 11.4 Å². The van der Waals surface area contributed by atoms with Crippen molar-refractivity contribution in [2.45, 2.75) is 0 Å². The van der Waals surface area contributed by atoms with E-state index in [2.05, 4.69) is 16.6 Å². The molecule has 15 heavy (non-hydrogen) atoms. The minimum Gasteiger partial charge on any atom is -0.295 e. The van der Waals surface area contributed by atoms with Crippen LogP contribution in [0.4, 0.5) is 4.39 Å². The molecule has 0 saturated heterocycles. The standard InChI is InChI=1S/C11H10FN3/c1-3-9(13-2)10-6-14-11-5-4-8(12)7-15(10)11/h3-7H,1H2,2H3. The van der Waals surface area contributed by atoms with Crippen molar-refractivity contribution in [3.8, 4) is 0 Å². The summed E-state index contributed by atoms with van der Waals surface area (Å²) in [6.45, 7) is 3.65. The lowest BCUT2D eigenvalue weighted by Crippen LogP contribution is -2.01. The summed E-state index contributed by atoms with van der Waals surface area (Å²) in [5.41, 5.74) is 2.12. The Balaban J connectivity index is 2.71. The van der Waals surface area contributed by atoms with Gasteiger partial charge < -0.3 is 0 Å². The number of pyridine rings is 1. The minimum atomic E-state index is -0.304. The molecular weight excluding hydrogens is 193 g/mol. The zero-order valence-electron chi connectivity index (χ0n) is 8.31. The van der Waals surface area contributed by atoms with E-state index in [1.54, 1.807) is 29.8 Å². The van der Waals surface area contributed by atoms with Gasteiger partial charge in [0.05, 0.1) is 17.6 Å². The number of aliphatic imine (C=N–C) groups is 1. The first-order chi connectivity index (χ1) is 7.26. The van der Waals surface area contributed by atoms with Crippen LogP contribution in [0.25, 0.3) is 5.65 Å². The Morgan fingerprint density at radius 1 is 1.60 bits per heavy atom. The van der Waals surface area contributed by atoms with Crippen LogP contribution in [-0.2, 0) is 0 Å². The molecule has 0 spiro atoms. The van der Waals surface area contributed by atoms with E-state index in [0.29, 0.717) is 11.4 Å². The van der Waals surface area contributed by atoms with E-state index in [0.717, 1.165) is 5.69 Å². The topological polar surface area (TPSA) is 29.7 Å². The van der Waals surface area contributed by atoms with Crippen LogP contribution < -0.4 is 0 Å². The Morgan fingerprint density at radius 3 is 3.07 bits per heavy atom. The highest BCUT2D eigenvalue weighted by molar-refractivity contribution is 6.07. The molecule has 0 aliphatic carbocycles. The Kier molecular flexibility index (Phi) is 2.33. The summed E-state index contributed by atoms with van der Waals surface area (Å²) >= 11 is 0. The predicted octanol–water partition coefficient (Wildman–Crippen LogP) is 2.08. The zero-order valence-corrected chi connectivity index (χ0v) is 8.31. The van der Waals surface area contributed by atoms with Crippen LogP contribution in [0.1, 0.15) is 5.69 Å². The molecule has 0 bridgehead atoms. The quantitative estimate of drug-likeness (QED) is 0.687. The SMILES string of the molecule is C=CC(=NC)c1cnc2ccc(F)cn12. The van der Waals surface area contributed by atoms with Crippen LogP contribution in [-0.4, -0.2) is 22.1 Å². The first-order valence-electron chi connectivity index (χ1n) is 4.48. The maximum atomic E-state index is 13.1. The van der Waals surface area contributed by atoms with Crippen LogP contribution in [0.3, 0.4) is 0 Å². The van der Waals surface area contributed by atoms with Gasteiger partial charge in [-0.3, -0.25) is 9.39 Å². The number of allylic oxidation sites excluding steroid dienone is 1. The van der Waals surface area contributed by atoms with Gasteiger partial charge >= 0.3 is 0 Å². The van der Waals surface area contributed by atoms with Crippen LogP contribution in [0.2, 0.25) is 0 Å². The Morgan fingerprint density at radius 2 is 2.40 bits per heavy atom. The third-order valence-corrected chi connectivity index (χ3v) is 2.17. The van der Waals surface area contributed by atoms with Gasteiger partial charge in [0.25, 0.3) is 0 Å². The third kappa shape index (κ3) is 1.54. The predicted molar refractivity (Wildman–Crippen MR) is 57.8 cm³/mol. The van der Waals surface area contributed by atoms with Crippen molar-refractivity contribution in [2.75, 3.05) is 7.05 Å². The Hall–Kier alpha value is -1.97. The minimum absolute atomic E-state index is 0.304. The fourth-order valence-electron chi connectivity index (χ4n) is 1.45. The first kappa shape index (κ1) is 9.58. The van der Waals surface area contributed by atoms with E-state index in [4.69, 9.17) is 0 Å². The largest absolute Gasteiger partial charge is 0.295 e. The van der Waals surface area contributed by atoms with Crippen molar-refractivity contribution < 1.29 is 4.39 Å². The van der Waals surface area contributed by atoms with Crippen molar-refractivity contribution in [3.63, 3.8) is 0 Å². The number of halogens is 1. The normalized spacial score (nSPS) is 12.0. The molecule has 0 aliphatic rings. The fourth-order valence-corrected chi connectivity index (χ4v) is 1.45. The Labute approximate surface area is 86.6 Å². The van der Waals surface area contributed by atoms with Crippen molar-refractivity contribution in [1.29, 1.82) is 0 Å². The maximum absolute atomic E-state index is 13.1. The van der Waals surface area contributed by atoms with Crippen LogP contribution in [0.15, 0.2) is 42.2 Å². The summed E-state index contributed by atoms with van der Waals surface area (Å²) in [5.74, 6) is -0.304. The second-order valence-corrected chi connectivity index (χ2v) is 3.03. The number of hydrogen-bond acceptors (Lipinski definition) is 2. The highest BCUT2D eigenvalue weighted by Gasteiger charge is 2.06. The first-order valence-corrected chi connectivity index (χ1v) is 4.48. The van der Waals surface area contributed by atoms with Gasteiger partial charge in [-0.2, -0.15) is 0 Å². The summed E-state index contributed by atoms with van der Waals surface area (Å²) in [7, 11) is 1.66. The molecular formula is C11H10FN3. The highest BCUT2D eigenvalue weighted by atomic mass is 19.1. The molecule has 0 saturated carbocycles. The highest BCUT2D eigenvalue weighted by Crippen LogP contribution is 2.09. The monoisotopic (exact) mass is 203 g/mol. The fraction of sp³-hybridized carbons (Fsp3) is 0.0909. The molecule has 0 fully saturated rings. The molecule has 2 aromatic heterocycles. The second-order valence-electron chi connectivity index (χ2n) is 3.03. The summed E-state index contributed by atoms with van der Waals surface area (Å²) in [5, 5.41) is 0. The number of fused-ring (bicyclic) bond motifs is 1. The molecule has 0 unspecified atom stereocenters. The molecule has 0 aromatic carbocycles. The number of nitrogens with zero attached hydrogens (tertiary/aromatic N) is 3. The van der Waals surface area contributed by atoms with Crippen molar-refractivity contribution in [1.82, 2.24) is 9.38 Å². The lowest BCUT2D eigenvalue weighted by molar-refractivity contribution is 0.619. The second kappa shape index (κ2) is 3.65. The molecule has 3 nitrogen and oxygen atoms in total. The molecule has 2 aromatic rings. The summed E-state index contributed by atoms with van der Waals surface area (Å²) in [6, 6.07) is 3.00. The van der Waals surface area contributed by atoms with Crippen LogP contribution >= 0.6 is 0 Å². The summed E-state index contributed by atoms with van der Waals surface area (Å²) in [6.07, 6.45) is 4.65. The average Bonchev–Trinajstić information content (AvgIpc) is 2.64. The van der Waals surface area contributed by atoms with E-state index >= 15 is 0 Å². The van der Waals surface area contributed by atoms with Crippen molar-refractivity contribution in [2.24, 2.45) is 4.99 Å². The molecule has 76 valence electrons. The van der Waals surface area contributed by atoms with Gasteiger partial charge in [0, 0.05) is 13.2 Å². The lowest BCUT2D eigenvalue weighted by atomic mass is 10.3. The van der Waals surface area contributed by atoms with E-state index in [-0.39, 0.29) is 5.82 Å². The van der Waals surface area contributed by atoms with Gasteiger partial charge in [0.1, 0.15) is 11.5 Å². The molecule has 0 atom stereocenters. The maximum Gasteiger partial charge on any atom is 0.139 e. The van der Waals surface area contributed by atoms with Gasteiger partial charge in [-0.05, 0) is 18.2 Å². The molecule has 0 radical (unpaired) electrons. The number of rotatable bonds is 2. The lowest BCUT2D eigenvalue weighted by Gasteiger charge is -2.00. The average molecular weight is 203 g/mol. The number of hydrogen-bond donors (Lipinski definition) is 0. The third-order valence-electron chi connectivity index (χ3n) is 2.17. The van der Waals surface area contributed by atoms with Gasteiger partial charge in [-0.25, -0.2) is 9.37 Å². The van der Waals surface area contributed by atoms with Gasteiger partial charge in [0.2, 0.25) is 0 Å². The number of aromatic nitrogens is 2. The molecule has 4 heteroatoms. The Bertz CT molecular complexity index is 540. The zero-order chi connectivity index (χ0) is 10.8. The van der Waals surface area contributed by atoms with Gasteiger partial charge in [0.15, 0.2) is 0 Å². The molecule has 0 amide bonds. The van der Waals surface area contributed by atoms with E-state index < -0.39 is 0 Å². The van der Waals surface area contributed by atoms with Crippen molar-refractivity contribution in [3.05, 3.63) is 48.7 Å². The van der Waals surface area contributed by atoms with Gasteiger partial charge in [-0.15, -0.1) is 0 Å². The van der Waals surface area contributed by atoms with E-state index in [1.807, 2.05) is 0 Å². The van der Waals surface area contributed by atoms with Crippen LogP contribution in [0.5, 0.6) is 0 Å². The van der Waals surface area contributed by atoms with E-state index in [1.165, 1.54) is 12.3 Å². The molecule has 2 heterocycles. The number of imidazole rings is 1. The molecule has 2 rings (SSSR count). The van der Waals surface area contributed by atoms with E-state index in [9.17, 15) is 4.39 Å².